The number of benzene rings is 1. The number of hydrogen-bond acceptors (Lipinski definition) is 10. The molecule has 1 saturated heterocycles. The Bertz CT molecular complexity index is 1100. The predicted octanol–water partition coefficient (Wildman–Crippen LogP) is 5.43. The molecule has 1 aromatic rings. The van der Waals surface area contributed by atoms with Gasteiger partial charge in [0.25, 0.3) is 5.91 Å². The molecule has 318 valence electrons. The minimum Gasteiger partial charge on any atom is -0.394 e. The van der Waals surface area contributed by atoms with Crippen molar-refractivity contribution in [2.24, 2.45) is 0 Å². The fraction of sp³-hybridized carbons (Fsp3) is 0.814. The van der Waals surface area contributed by atoms with Gasteiger partial charge in [0, 0.05) is 18.5 Å². The third-order valence-electron chi connectivity index (χ3n) is 10.7. The van der Waals surface area contributed by atoms with Gasteiger partial charge in [0.15, 0.2) is 6.29 Å². The average Bonchev–Trinajstić information content (AvgIpc) is 3.19. The third-order valence-corrected chi connectivity index (χ3v) is 10.7. The largest absolute Gasteiger partial charge is 0.394 e. The zero-order chi connectivity index (χ0) is 40.1. The molecule has 0 aromatic heterocycles. The molecule has 8 atom stereocenters. The Morgan fingerprint density at radius 3 is 1.80 bits per heavy atom. The molecule has 1 aliphatic heterocycles. The molecular formula is C43H76N2O10. The summed E-state index contributed by atoms with van der Waals surface area (Å²) in [5, 5.41) is 68.0. The van der Waals surface area contributed by atoms with Gasteiger partial charge < -0.3 is 50.7 Å². The lowest BCUT2D eigenvalue weighted by molar-refractivity contribution is -0.303. The monoisotopic (exact) mass is 781 g/mol. The second-order valence-corrected chi connectivity index (χ2v) is 15.5. The van der Waals surface area contributed by atoms with E-state index >= 15 is 0 Å². The van der Waals surface area contributed by atoms with Crippen LogP contribution in [-0.4, -0.2) is 111 Å². The molecule has 1 fully saturated rings. The number of unbranched alkanes of at least 4 members (excludes halogenated alkanes) is 19. The fourth-order valence-electron chi connectivity index (χ4n) is 7.08. The first-order valence-electron chi connectivity index (χ1n) is 21.6. The molecule has 0 bridgehead atoms. The minimum atomic E-state index is -1.62. The van der Waals surface area contributed by atoms with Gasteiger partial charge in [0.2, 0.25) is 5.91 Å². The van der Waals surface area contributed by atoms with E-state index in [4.69, 9.17) is 9.47 Å². The van der Waals surface area contributed by atoms with E-state index in [1.165, 1.54) is 51.4 Å². The van der Waals surface area contributed by atoms with Crippen molar-refractivity contribution in [1.82, 2.24) is 10.6 Å². The molecule has 12 heteroatoms. The Balaban J connectivity index is 1.68. The van der Waals surface area contributed by atoms with E-state index in [-0.39, 0.29) is 24.8 Å². The average molecular weight is 781 g/mol. The summed E-state index contributed by atoms with van der Waals surface area (Å²) in [6.45, 7) is 1.96. The number of rotatable bonds is 33. The maximum absolute atomic E-state index is 13.0. The second kappa shape index (κ2) is 30.9. The number of nitrogens with one attached hydrogen (secondary N) is 2. The van der Waals surface area contributed by atoms with Crippen LogP contribution in [0.1, 0.15) is 165 Å². The number of carbonyl (C=O) groups excluding carboxylic acids is 2. The Morgan fingerprint density at radius 1 is 0.709 bits per heavy atom. The highest BCUT2D eigenvalue weighted by Gasteiger charge is 2.44. The molecule has 0 saturated carbocycles. The molecule has 8 N–H and O–H groups in total. The number of aliphatic hydroxyl groups is 6. The molecule has 1 heterocycles. The molecule has 1 aliphatic rings. The van der Waals surface area contributed by atoms with Crippen molar-refractivity contribution in [3.8, 4) is 0 Å². The number of ether oxygens (including phenoxy) is 2. The highest BCUT2D eigenvalue weighted by molar-refractivity contribution is 5.94. The number of carbonyl (C=O) groups is 2. The second-order valence-electron chi connectivity index (χ2n) is 15.5. The number of hydrogen-bond donors (Lipinski definition) is 8. The van der Waals surface area contributed by atoms with Crippen LogP contribution < -0.4 is 10.6 Å². The standard InChI is InChI=1S/C43H76N2O10/c1-2-3-4-5-6-7-8-9-11-14-17-23-28-35(47)38(49)34(32-54-43-41(52)40(51)39(50)36(31-46)55-43)45-37(48)29-24-18-15-12-10-13-16-19-25-30-44-42(53)33-26-21-20-22-27-33/h20-22,26-27,34-36,38-41,43,46-47,49-52H,2-19,23-25,28-32H2,1H3,(H,44,53)(H,45,48)/t34-,35+,36?,38-,39-,40?,41-,43-/m0/s1. The Hall–Kier alpha value is -2.16. The van der Waals surface area contributed by atoms with Crippen molar-refractivity contribution in [2.75, 3.05) is 19.8 Å². The van der Waals surface area contributed by atoms with Crippen molar-refractivity contribution in [3.63, 3.8) is 0 Å². The van der Waals surface area contributed by atoms with Crippen molar-refractivity contribution >= 4 is 11.8 Å². The maximum Gasteiger partial charge on any atom is 0.251 e. The van der Waals surface area contributed by atoms with Gasteiger partial charge >= 0.3 is 0 Å². The molecular weight excluding hydrogens is 704 g/mol. The van der Waals surface area contributed by atoms with Crippen LogP contribution in [0.5, 0.6) is 0 Å². The van der Waals surface area contributed by atoms with E-state index in [0.717, 1.165) is 77.0 Å². The van der Waals surface area contributed by atoms with Crippen LogP contribution in [-0.2, 0) is 14.3 Å². The summed E-state index contributed by atoms with van der Waals surface area (Å²) in [6, 6.07) is 8.20. The Labute approximate surface area is 330 Å². The van der Waals surface area contributed by atoms with Crippen LogP contribution in [0, 0.1) is 0 Å². The smallest absolute Gasteiger partial charge is 0.251 e. The lowest BCUT2D eigenvalue weighted by Crippen LogP contribution is -2.60. The highest BCUT2D eigenvalue weighted by Crippen LogP contribution is 2.23. The van der Waals surface area contributed by atoms with Crippen LogP contribution in [0.25, 0.3) is 0 Å². The van der Waals surface area contributed by atoms with Crippen molar-refractivity contribution in [2.45, 2.75) is 204 Å². The van der Waals surface area contributed by atoms with E-state index in [2.05, 4.69) is 17.6 Å². The van der Waals surface area contributed by atoms with Gasteiger partial charge in [-0.3, -0.25) is 9.59 Å². The molecule has 2 unspecified atom stereocenters. The van der Waals surface area contributed by atoms with E-state index in [1.807, 2.05) is 30.3 Å². The summed E-state index contributed by atoms with van der Waals surface area (Å²) >= 11 is 0. The van der Waals surface area contributed by atoms with Gasteiger partial charge in [-0.05, 0) is 31.4 Å². The normalized spacial score (nSPS) is 21.5. The third kappa shape index (κ3) is 21.3. The SMILES string of the molecule is CCCCCCCCCCCCCC[C@@H](O)[C@@H](O)[C@H](CO[C@H]1OC(CO)[C@H](O)C(O)[C@@H]1O)NC(=O)CCCCCCCCCCCNC(=O)c1ccccc1. The predicted molar refractivity (Wildman–Crippen MR) is 214 cm³/mol. The zero-order valence-corrected chi connectivity index (χ0v) is 33.7. The first-order chi connectivity index (χ1) is 26.7. The first kappa shape index (κ1) is 49.0. The van der Waals surface area contributed by atoms with Gasteiger partial charge in [0.05, 0.1) is 25.4 Å². The summed E-state index contributed by atoms with van der Waals surface area (Å²) in [5.74, 6) is -0.330. The van der Waals surface area contributed by atoms with Crippen molar-refractivity contribution < 1.29 is 49.7 Å². The van der Waals surface area contributed by atoms with Crippen LogP contribution in [0.15, 0.2) is 30.3 Å². The van der Waals surface area contributed by atoms with Gasteiger partial charge in [0.1, 0.15) is 30.5 Å². The highest BCUT2D eigenvalue weighted by atomic mass is 16.7. The van der Waals surface area contributed by atoms with Crippen LogP contribution in [0.4, 0.5) is 0 Å². The molecule has 0 radical (unpaired) electrons. The van der Waals surface area contributed by atoms with E-state index in [1.54, 1.807) is 0 Å². The van der Waals surface area contributed by atoms with Gasteiger partial charge in [-0.2, -0.15) is 0 Å². The lowest BCUT2D eigenvalue weighted by atomic mass is 9.98. The summed E-state index contributed by atoms with van der Waals surface area (Å²) in [6.07, 6.45) is 14.0. The van der Waals surface area contributed by atoms with Crippen molar-refractivity contribution in [1.29, 1.82) is 0 Å². The summed E-state index contributed by atoms with van der Waals surface area (Å²) < 4.78 is 11.1. The molecule has 12 nitrogen and oxygen atoms in total. The number of amides is 2. The van der Waals surface area contributed by atoms with E-state index in [0.29, 0.717) is 24.9 Å². The molecule has 0 aliphatic carbocycles. The molecule has 1 aromatic carbocycles. The summed E-state index contributed by atoms with van der Waals surface area (Å²) in [5.41, 5.74) is 0.678. The van der Waals surface area contributed by atoms with Crippen LogP contribution in [0.3, 0.4) is 0 Å². The van der Waals surface area contributed by atoms with Gasteiger partial charge in [-0.15, -0.1) is 0 Å². The topological polar surface area (TPSA) is 198 Å². The van der Waals surface area contributed by atoms with Gasteiger partial charge in [-0.1, -0.05) is 147 Å². The Kier molecular flexibility index (Phi) is 27.5. The lowest BCUT2D eigenvalue weighted by Gasteiger charge is -2.40. The van der Waals surface area contributed by atoms with E-state index < -0.39 is 55.6 Å². The Morgan fingerprint density at radius 2 is 1.24 bits per heavy atom. The van der Waals surface area contributed by atoms with Gasteiger partial charge in [-0.25, -0.2) is 0 Å². The van der Waals surface area contributed by atoms with Crippen LogP contribution >= 0.6 is 0 Å². The quantitative estimate of drug-likeness (QED) is 0.0426. The summed E-state index contributed by atoms with van der Waals surface area (Å²) in [7, 11) is 0. The van der Waals surface area contributed by atoms with Crippen LogP contribution in [0.2, 0.25) is 0 Å². The van der Waals surface area contributed by atoms with Crippen molar-refractivity contribution in [3.05, 3.63) is 35.9 Å². The molecule has 2 rings (SSSR count). The zero-order valence-electron chi connectivity index (χ0n) is 33.7. The first-order valence-corrected chi connectivity index (χ1v) is 21.6. The molecule has 0 spiro atoms. The van der Waals surface area contributed by atoms with E-state index in [9.17, 15) is 40.2 Å². The fourth-order valence-corrected chi connectivity index (χ4v) is 7.08. The minimum absolute atomic E-state index is 0.0370. The number of aliphatic hydroxyl groups excluding tert-OH is 6. The maximum atomic E-state index is 13.0. The summed E-state index contributed by atoms with van der Waals surface area (Å²) in [4.78, 5) is 25.1. The molecule has 55 heavy (non-hydrogen) atoms. The molecule has 2 amide bonds.